The van der Waals surface area contributed by atoms with Gasteiger partial charge < -0.3 is 9.47 Å². The second-order valence-electron chi connectivity index (χ2n) is 7.89. The van der Waals surface area contributed by atoms with E-state index in [2.05, 4.69) is 0 Å². The van der Waals surface area contributed by atoms with Gasteiger partial charge in [-0.05, 0) is 75.6 Å². The van der Waals surface area contributed by atoms with Crippen LogP contribution in [0.3, 0.4) is 0 Å². The van der Waals surface area contributed by atoms with Crippen molar-refractivity contribution < 1.29 is 27.1 Å². The van der Waals surface area contributed by atoms with E-state index in [1.807, 2.05) is 0 Å². The van der Waals surface area contributed by atoms with Crippen LogP contribution in [0, 0.1) is 5.82 Å². The van der Waals surface area contributed by atoms with Crippen LogP contribution >= 0.6 is 11.6 Å². The molecule has 1 amide bonds. The van der Waals surface area contributed by atoms with Gasteiger partial charge in [0.1, 0.15) is 10.6 Å². The fourth-order valence-corrected chi connectivity index (χ4v) is 6.23. The van der Waals surface area contributed by atoms with E-state index >= 15 is 4.39 Å². The molecule has 0 bridgehead atoms. The molecule has 9 heteroatoms. The first-order valence-corrected chi connectivity index (χ1v) is 12.3. The second kappa shape index (κ2) is 9.77. The largest absolute Gasteiger partial charge is 0.449 e. The Morgan fingerprint density at radius 1 is 1.19 bits per heavy atom. The van der Waals surface area contributed by atoms with Gasteiger partial charge in [0.15, 0.2) is 9.84 Å². The zero-order chi connectivity index (χ0) is 23.5. The predicted octanol–water partition coefficient (Wildman–Crippen LogP) is 5.33. The molecule has 32 heavy (non-hydrogen) atoms. The SMILES string of the molecule is CCOC(=O)N(c1ccc(C2(S(=O)(=O)c3ccc(Cl)cc3)CCOCC2)cc1F)C(C)C. The van der Waals surface area contributed by atoms with Gasteiger partial charge in [0.2, 0.25) is 0 Å². The van der Waals surface area contributed by atoms with Gasteiger partial charge in [-0.2, -0.15) is 0 Å². The summed E-state index contributed by atoms with van der Waals surface area (Å²) in [4.78, 5) is 13.7. The molecule has 0 aliphatic carbocycles. The minimum Gasteiger partial charge on any atom is -0.449 e. The fraction of sp³-hybridized carbons (Fsp3) is 0.435. The molecule has 174 valence electrons. The molecule has 2 aromatic carbocycles. The third-order valence-electron chi connectivity index (χ3n) is 5.65. The summed E-state index contributed by atoms with van der Waals surface area (Å²) >= 11 is 5.93. The van der Waals surface area contributed by atoms with Crippen molar-refractivity contribution in [3.05, 3.63) is 58.9 Å². The van der Waals surface area contributed by atoms with Gasteiger partial charge in [0.25, 0.3) is 0 Å². The molecule has 1 aliphatic rings. The molecular formula is C23H27ClFNO5S. The van der Waals surface area contributed by atoms with Crippen LogP contribution < -0.4 is 4.90 Å². The number of carbonyl (C=O) groups excluding carboxylic acids is 1. The van der Waals surface area contributed by atoms with Crippen LogP contribution in [0.1, 0.15) is 39.2 Å². The van der Waals surface area contributed by atoms with E-state index in [4.69, 9.17) is 21.1 Å². The van der Waals surface area contributed by atoms with Crippen molar-refractivity contribution in [3.63, 3.8) is 0 Å². The van der Waals surface area contributed by atoms with Crippen LogP contribution in [0.25, 0.3) is 0 Å². The smallest absolute Gasteiger partial charge is 0.414 e. The summed E-state index contributed by atoms with van der Waals surface area (Å²) in [5, 5.41) is 0.424. The molecule has 0 spiro atoms. The van der Waals surface area contributed by atoms with Crippen LogP contribution in [0.2, 0.25) is 5.02 Å². The fourth-order valence-electron chi connectivity index (χ4n) is 4.02. The normalized spacial score (nSPS) is 16.1. The summed E-state index contributed by atoms with van der Waals surface area (Å²) in [6, 6.07) is 9.83. The maximum absolute atomic E-state index is 15.3. The van der Waals surface area contributed by atoms with Gasteiger partial charge >= 0.3 is 6.09 Å². The molecule has 3 rings (SSSR count). The van der Waals surface area contributed by atoms with E-state index < -0.39 is 26.5 Å². The van der Waals surface area contributed by atoms with E-state index in [1.54, 1.807) is 26.8 Å². The first-order valence-electron chi connectivity index (χ1n) is 10.5. The standard InChI is InChI=1S/C23H27ClFNO5S/c1-4-31-22(27)26(16(2)3)21-10-5-17(15-20(21)25)23(11-13-30-14-12-23)32(28,29)19-8-6-18(24)7-9-19/h5-10,15-16H,4,11-14H2,1-3H3. The number of anilines is 1. The van der Waals surface area contributed by atoms with Crippen molar-refractivity contribution in [1.82, 2.24) is 0 Å². The average molecular weight is 484 g/mol. The topological polar surface area (TPSA) is 72.9 Å². The lowest BCUT2D eigenvalue weighted by Gasteiger charge is -2.37. The van der Waals surface area contributed by atoms with Gasteiger partial charge in [-0.3, -0.25) is 4.90 Å². The number of hydrogen-bond acceptors (Lipinski definition) is 5. The number of carbonyl (C=O) groups is 1. The zero-order valence-electron chi connectivity index (χ0n) is 18.3. The number of amides is 1. The van der Waals surface area contributed by atoms with Crippen LogP contribution in [-0.2, 0) is 24.1 Å². The van der Waals surface area contributed by atoms with Gasteiger partial charge in [-0.1, -0.05) is 17.7 Å². The van der Waals surface area contributed by atoms with Gasteiger partial charge in [-0.15, -0.1) is 0 Å². The van der Waals surface area contributed by atoms with E-state index in [9.17, 15) is 13.2 Å². The molecule has 0 saturated carbocycles. The second-order valence-corrected chi connectivity index (χ2v) is 10.6. The quantitative estimate of drug-likeness (QED) is 0.555. The molecule has 0 atom stereocenters. The summed E-state index contributed by atoms with van der Waals surface area (Å²) in [6.07, 6.45) is -0.297. The number of hydrogen-bond donors (Lipinski definition) is 0. The third kappa shape index (κ3) is 4.49. The van der Waals surface area contributed by atoms with Gasteiger partial charge in [0.05, 0.1) is 17.2 Å². The van der Waals surface area contributed by atoms with Crippen LogP contribution in [0.15, 0.2) is 47.4 Å². The Balaban J connectivity index is 2.10. The highest BCUT2D eigenvalue weighted by Crippen LogP contribution is 2.44. The van der Waals surface area contributed by atoms with Crippen molar-refractivity contribution in [2.75, 3.05) is 24.7 Å². The molecule has 0 unspecified atom stereocenters. The van der Waals surface area contributed by atoms with Gasteiger partial charge in [0, 0.05) is 24.3 Å². The van der Waals surface area contributed by atoms with E-state index in [-0.39, 0.29) is 49.3 Å². The number of halogens is 2. The van der Waals surface area contributed by atoms with Crippen molar-refractivity contribution >= 4 is 33.2 Å². The Labute approximate surface area is 193 Å². The van der Waals surface area contributed by atoms with Gasteiger partial charge in [-0.25, -0.2) is 17.6 Å². The molecule has 1 heterocycles. The molecule has 0 aromatic heterocycles. The third-order valence-corrected chi connectivity index (χ3v) is 8.47. The minimum absolute atomic E-state index is 0.0355. The van der Waals surface area contributed by atoms with Crippen LogP contribution in [-0.4, -0.2) is 40.4 Å². The summed E-state index contributed by atoms with van der Waals surface area (Å²) in [7, 11) is -3.90. The molecule has 6 nitrogen and oxygen atoms in total. The van der Waals surface area contributed by atoms with Crippen molar-refractivity contribution in [3.8, 4) is 0 Å². The Bertz CT molecular complexity index is 1070. The lowest BCUT2D eigenvalue weighted by Crippen LogP contribution is -2.42. The summed E-state index contributed by atoms with van der Waals surface area (Å²) in [6.45, 7) is 5.79. The highest BCUT2D eigenvalue weighted by molar-refractivity contribution is 7.92. The number of ether oxygens (including phenoxy) is 2. The Morgan fingerprint density at radius 2 is 1.81 bits per heavy atom. The number of sulfone groups is 1. The number of nitrogens with zero attached hydrogens (tertiary/aromatic N) is 1. The van der Waals surface area contributed by atoms with E-state index in [1.165, 1.54) is 41.3 Å². The molecular weight excluding hydrogens is 457 g/mol. The van der Waals surface area contributed by atoms with Crippen molar-refractivity contribution in [2.24, 2.45) is 0 Å². The first kappa shape index (κ1) is 24.5. The lowest BCUT2D eigenvalue weighted by molar-refractivity contribution is 0.0739. The summed E-state index contributed by atoms with van der Waals surface area (Å²) in [5.41, 5.74) is 0.359. The Morgan fingerprint density at radius 3 is 2.34 bits per heavy atom. The molecule has 1 saturated heterocycles. The molecule has 1 aliphatic heterocycles. The molecule has 0 N–H and O–H groups in total. The zero-order valence-corrected chi connectivity index (χ0v) is 19.9. The van der Waals surface area contributed by atoms with Crippen LogP contribution in [0.5, 0.6) is 0 Å². The number of benzene rings is 2. The van der Waals surface area contributed by atoms with E-state index in [0.29, 0.717) is 10.6 Å². The van der Waals surface area contributed by atoms with Crippen molar-refractivity contribution in [1.29, 1.82) is 0 Å². The molecule has 0 radical (unpaired) electrons. The van der Waals surface area contributed by atoms with Crippen LogP contribution in [0.4, 0.5) is 14.9 Å². The van der Waals surface area contributed by atoms with E-state index in [0.717, 1.165) is 0 Å². The summed E-state index contributed by atoms with van der Waals surface area (Å²) in [5.74, 6) is -0.693. The average Bonchev–Trinajstić information content (AvgIpc) is 2.75. The number of rotatable bonds is 6. The lowest BCUT2D eigenvalue weighted by atomic mass is 9.90. The summed E-state index contributed by atoms with van der Waals surface area (Å²) < 4.78 is 52.0. The minimum atomic E-state index is -3.90. The highest BCUT2D eigenvalue weighted by Gasteiger charge is 2.47. The molecule has 1 fully saturated rings. The maximum Gasteiger partial charge on any atom is 0.414 e. The first-order chi connectivity index (χ1) is 15.1. The Kier molecular flexibility index (Phi) is 7.47. The monoisotopic (exact) mass is 483 g/mol. The Hall–Kier alpha value is -2.16. The van der Waals surface area contributed by atoms with Crippen molar-refractivity contribution in [2.45, 2.75) is 49.3 Å². The maximum atomic E-state index is 15.3. The highest BCUT2D eigenvalue weighted by atomic mass is 35.5. The molecule has 2 aromatic rings. The predicted molar refractivity (Wildman–Crippen MR) is 121 cm³/mol.